The molecule has 0 fully saturated rings. The van der Waals surface area contributed by atoms with Crippen LogP contribution in [0.15, 0.2) is 87.4 Å². The number of rotatable bonds is 5. The van der Waals surface area contributed by atoms with Crippen LogP contribution in [0.25, 0.3) is 22.1 Å². The third-order valence-corrected chi connectivity index (χ3v) is 6.54. The van der Waals surface area contributed by atoms with Crippen LogP contribution in [-0.4, -0.2) is 32.4 Å². The van der Waals surface area contributed by atoms with Gasteiger partial charge in [-0.1, -0.05) is 35.9 Å². The Morgan fingerprint density at radius 1 is 0.865 bits per heavy atom. The third-order valence-electron chi connectivity index (χ3n) is 6.54. The zero-order valence-electron chi connectivity index (χ0n) is 21.0. The number of aryl methyl sites for hydroxylation is 1. The van der Waals surface area contributed by atoms with E-state index in [4.69, 9.17) is 4.74 Å². The number of para-hydroxylation sites is 1. The number of aliphatic imine (C=N–C) groups is 1. The lowest BCUT2D eigenvalue weighted by Gasteiger charge is -2.14. The highest BCUT2D eigenvalue weighted by Crippen LogP contribution is 2.29. The van der Waals surface area contributed by atoms with Gasteiger partial charge >= 0.3 is 0 Å². The van der Waals surface area contributed by atoms with E-state index in [0.29, 0.717) is 39.2 Å². The normalized spacial score (nSPS) is 11.5. The third kappa shape index (κ3) is 4.02. The Morgan fingerprint density at radius 3 is 2.24 bits per heavy atom. The van der Waals surface area contributed by atoms with E-state index in [9.17, 15) is 14.7 Å². The Bertz CT molecular complexity index is 1780. The van der Waals surface area contributed by atoms with Crippen LogP contribution in [0.4, 0.5) is 5.69 Å². The monoisotopic (exact) mass is 494 g/mol. The van der Waals surface area contributed by atoms with Crippen molar-refractivity contribution in [3.8, 4) is 23.0 Å². The van der Waals surface area contributed by atoms with Crippen molar-refractivity contribution in [1.82, 2.24) is 13.9 Å². The summed E-state index contributed by atoms with van der Waals surface area (Å²) in [4.78, 5) is 31.4. The molecule has 0 aliphatic rings. The van der Waals surface area contributed by atoms with Gasteiger partial charge in [-0.2, -0.15) is 0 Å². The van der Waals surface area contributed by atoms with Crippen LogP contribution in [0, 0.1) is 13.8 Å². The Morgan fingerprint density at radius 2 is 1.57 bits per heavy atom. The first kappa shape index (κ1) is 23.9. The van der Waals surface area contributed by atoms with Gasteiger partial charge < -0.3 is 9.84 Å². The summed E-state index contributed by atoms with van der Waals surface area (Å²) in [5.74, 6) is 0.241. The number of fused-ring (bicyclic) bond motifs is 1. The summed E-state index contributed by atoms with van der Waals surface area (Å²) in [6.07, 6.45) is 1.44. The van der Waals surface area contributed by atoms with Gasteiger partial charge in [0, 0.05) is 18.6 Å². The highest BCUT2D eigenvalue weighted by Gasteiger charge is 2.19. The SMILES string of the molecule is COc1ccc2c(C=Nc3c(C)n(C)n(-c4ccccc4)c3=O)c(O)n(-c3ccc(C)cc3)c(=O)c2c1. The van der Waals surface area contributed by atoms with Crippen molar-refractivity contribution in [3.05, 3.63) is 110 Å². The molecule has 0 saturated carbocycles. The summed E-state index contributed by atoms with van der Waals surface area (Å²) in [6, 6.07) is 21.6. The molecule has 8 heteroatoms. The molecular formula is C29H26N4O4. The molecule has 0 unspecified atom stereocenters. The summed E-state index contributed by atoms with van der Waals surface area (Å²) in [7, 11) is 3.32. The van der Waals surface area contributed by atoms with E-state index in [1.165, 1.54) is 22.6 Å². The van der Waals surface area contributed by atoms with E-state index in [0.717, 1.165) is 5.56 Å². The van der Waals surface area contributed by atoms with Gasteiger partial charge in [0.25, 0.3) is 11.1 Å². The first-order valence-electron chi connectivity index (χ1n) is 11.7. The van der Waals surface area contributed by atoms with Crippen molar-refractivity contribution in [1.29, 1.82) is 0 Å². The minimum atomic E-state index is -0.394. The highest BCUT2D eigenvalue weighted by atomic mass is 16.5. The molecule has 0 spiro atoms. The summed E-state index contributed by atoms with van der Waals surface area (Å²) >= 11 is 0. The van der Waals surface area contributed by atoms with Crippen LogP contribution in [0.1, 0.15) is 16.8 Å². The number of pyridine rings is 1. The zero-order valence-corrected chi connectivity index (χ0v) is 21.0. The van der Waals surface area contributed by atoms with Gasteiger partial charge in [-0.15, -0.1) is 0 Å². The molecule has 1 N–H and O–H groups in total. The fourth-order valence-corrected chi connectivity index (χ4v) is 4.41. The number of hydrogen-bond acceptors (Lipinski definition) is 5. The van der Waals surface area contributed by atoms with E-state index >= 15 is 0 Å². The molecule has 0 aliphatic carbocycles. The maximum absolute atomic E-state index is 13.5. The standard InChI is InChI=1S/C29H26N4O4/c1-18-10-12-20(13-11-18)32-27(34)24-16-22(37-4)14-15-23(24)25(28(32)35)17-30-26-19(2)31(3)33(29(26)36)21-8-6-5-7-9-21/h5-17,35H,1-4H3. The Kier molecular flexibility index (Phi) is 6.01. The van der Waals surface area contributed by atoms with Crippen molar-refractivity contribution in [2.24, 2.45) is 12.0 Å². The second-order valence-electron chi connectivity index (χ2n) is 8.79. The molecule has 3 aromatic carbocycles. The number of methoxy groups -OCH3 is 1. The lowest BCUT2D eigenvalue weighted by atomic mass is 10.1. The number of hydrogen-bond donors (Lipinski definition) is 1. The number of nitrogens with zero attached hydrogens (tertiary/aromatic N) is 4. The fraction of sp³-hybridized carbons (Fsp3) is 0.138. The molecule has 0 bridgehead atoms. The van der Waals surface area contributed by atoms with Crippen molar-refractivity contribution >= 4 is 22.7 Å². The first-order valence-corrected chi connectivity index (χ1v) is 11.7. The molecular weight excluding hydrogens is 468 g/mol. The Balaban J connectivity index is 1.75. The summed E-state index contributed by atoms with van der Waals surface area (Å²) in [5.41, 5.74) is 2.77. The van der Waals surface area contributed by atoms with Gasteiger partial charge in [0.05, 0.1) is 35.1 Å². The molecule has 2 aromatic heterocycles. The van der Waals surface area contributed by atoms with Gasteiger partial charge in [0.15, 0.2) is 5.69 Å². The van der Waals surface area contributed by atoms with Crippen molar-refractivity contribution in [2.45, 2.75) is 13.8 Å². The number of ether oxygens (including phenoxy) is 1. The van der Waals surface area contributed by atoms with E-state index in [1.54, 1.807) is 42.1 Å². The second-order valence-corrected chi connectivity index (χ2v) is 8.79. The van der Waals surface area contributed by atoms with E-state index in [2.05, 4.69) is 4.99 Å². The molecule has 5 aromatic rings. The Labute approximate surface area is 212 Å². The van der Waals surface area contributed by atoms with Gasteiger partial charge in [-0.25, -0.2) is 14.2 Å². The molecule has 8 nitrogen and oxygen atoms in total. The van der Waals surface area contributed by atoms with E-state index < -0.39 is 5.56 Å². The molecule has 0 saturated heterocycles. The van der Waals surface area contributed by atoms with E-state index in [-0.39, 0.29) is 17.1 Å². The predicted octanol–water partition coefficient (Wildman–Crippen LogP) is 4.56. The largest absolute Gasteiger partial charge is 0.497 e. The summed E-state index contributed by atoms with van der Waals surface area (Å²) < 4.78 is 9.85. The van der Waals surface area contributed by atoms with Crippen LogP contribution in [0.5, 0.6) is 11.6 Å². The van der Waals surface area contributed by atoms with Crippen molar-refractivity contribution in [3.63, 3.8) is 0 Å². The fourth-order valence-electron chi connectivity index (χ4n) is 4.41. The van der Waals surface area contributed by atoms with Crippen molar-refractivity contribution < 1.29 is 9.84 Å². The van der Waals surface area contributed by atoms with Gasteiger partial charge in [-0.05, 0) is 56.3 Å². The molecule has 0 radical (unpaired) electrons. The van der Waals surface area contributed by atoms with Gasteiger partial charge in [-0.3, -0.25) is 14.3 Å². The van der Waals surface area contributed by atoms with Crippen LogP contribution in [0.3, 0.4) is 0 Å². The lowest BCUT2D eigenvalue weighted by Crippen LogP contribution is -2.20. The van der Waals surface area contributed by atoms with Crippen LogP contribution >= 0.6 is 0 Å². The van der Waals surface area contributed by atoms with Gasteiger partial charge in [0.1, 0.15) is 5.75 Å². The Hall–Kier alpha value is -4.85. The summed E-state index contributed by atoms with van der Waals surface area (Å²) in [5, 5.41) is 12.2. The number of aromatic nitrogens is 3. The maximum Gasteiger partial charge on any atom is 0.297 e. The molecule has 186 valence electrons. The average molecular weight is 495 g/mol. The minimum absolute atomic E-state index is 0.237. The predicted molar refractivity (Wildman–Crippen MR) is 145 cm³/mol. The topological polar surface area (TPSA) is 90.8 Å². The molecule has 0 atom stereocenters. The second kappa shape index (κ2) is 9.31. The maximum atomic E-state index is 13.5. The van der Waals surface area contributed by atoms with Gasteiger partial charge in [0.2, 0.25) is 5.88 Å². The minimum Gasteiger partial charge on any atom is -0.497 e. The van der Waals surface area contributed by atoms with E-state index in [1.807, 2.05) is 56.3 Å². The number of benzene rings is 3. The molecule has 5 rings (SSSR count). The highest BCUT2D eigenvalue weighted by molar-refractivity contribution is 6.02. The lowest BCUT2D eigenvalue weighted by molar-refractivity contribution is 0.415. The molecule has 0 amide bonds. The van der Waals surface area contributed by atoms with Crippen LogP contribution in [0.2, 0.25) is 0 Å². The first-order chi connectivity index (χ1) is 17.8. The van der Waals surface area contributed by atoms with Crippen LogP contribution in [-0.2, 0) is 7.05 Å². The number of aromatic hydroxyl groups is 1. The average Bonchev–Trinajstić information content (AvgIpc) is 3.12. The molecule has 2 heterocycles. The van der Waals surface area contributed by atoms with Crippen LogP contribution < -0.4 is 15.9 Å². The molecule has 0 aliphatic heterocycles. The van der Waals surface area contributed by atoms with Crippen molar-refractivity contribution in [2.75, 3.05) is 7.11 Å². The zero-order chi connectivity index (χ0) is 26.3. The quantitative estimate of drug-likeness (QED) is 0.363. The smallest absolute Gasteiger partial charge is 0.297 e. The molecule has 37 heavy (non-hydrogen) atoms. The summed E-state index contributed by atoms with van der Waals surface area (Å²) in [6.45, 7) is 3.75.